The van der Waals surface area contributed by atoms with Gasteiger partial charge < -0.3 is 4.90 Å². The topological polar surface area (TPSA) is 32.3 Å². The molecule has 1 atom stereocenters. The van der Waals surface area contributed by atoms with Crippen LogP contribution < -0.4 is 5.32 Å². The normalized spacial score (nSPS) is 20.5. The molecule has 0 radical (unpaired) electrons. The molecule has 1 unspecified atom stereocenters. The molecule has 1 aromatic heterocycles. The highest BCUT2D eigenvalue weighted by Crippen LogP contribution is 2.13. The summed E-state index contributed by atoms with van der Waals surface area (Å²) >= 11 is 3.45. The Labute approximate surface area is 97.8 Å². The Hall–Kier alpha value is -0.520. The predicted octanol–water partition coefficient (Wildman–Crippen LogP) is 1.37. The Kier molecular flexibility index (Phi) is 3.66. The number of carbonyl (C=O) groups excluding carboxylic acids is 1. The molecule has 0 bridgehead atoms. The van der Waals surface area contributed by atoms with E-state index in [4.69, 9.17) is 0 Å². The summed E-state index contributed by atoms with van der Waals surface area (Å²) in [6.07, 6.45) is 0. The molecular formula is C10H14N2OS2. The van der Waals surface area contributed by atoms with Gasteiger partial charge in [0.25, 0.3) is 0 Å². The largest absolute Gasteiger partial charge is 0.340 e. The number of hydrogen-bond acceptors (Lipinski definition) is 4. The molecule has 1 aliphatic heterocycles. The fourth-order valence-corrected chi connectivity index (χ4v) is 3.15. The number of likely N-dealkylation sites (N-methyl/N-ethyl adjacent to an activating group) is 1. The number of nitrogens with one attached hydrogen (secondary N) is 1. The molecule has 0 spiro atoms. The standard InChI is InChI=1S/C10H14N2OS2/c1-12(4-8-2-3-14-5-8)10(13)9-6-15-7-11-9/h2-3,5,9,11H,4,6-7H2,1H3. The van der Waals surface area contributed by atoms with Gasteiger partial charge >= 0.3 is 0 Å². The van der Waals surface area contributed by atoms with E-state index in [1.807, 2.05) is 12.4 Å². The smallest absolute Gasteiger partial charge is 0.240 e. The number of nitrogens with zero attached hydrogens (tertiary/aromatic N) is 1. The van der Waals surface area contributed by atoms with Crippen molar-refractivity contribution in [2.75, 3.05) is 18.7 Å². The predicted molar refractivity (Wildman–Crippen MR) is 65.0 cm³/mol. The quantitative estimate of drug-likeness (QED) is 0.869. The summed E-state index contributed by atoms with van der Waals surface area (Å²) in [7, 11) is 1.87. The second-order valence-corrected chi connectivity index (χ2v) is 5.41. The molecule has 1 fully saturated rings. The lowest BCUT2D eigenvalue weighted by Crippen LogP contribution is -2.42. The summed E-state index contributed by atoms with van der Waals surface area (Å²) in [5, 5.41) is 7.31. The van der Waals surface area contributed by atoms with Gasteiger partial charge in [0.2, 0.25) is 5.91 Å². The van der Waals surface area contributed by atoms with E-state index in [1.54, 1.807) is 28.0 Å². The number of amides is 1. The lowest BCUT2D eigenvalue weighted by Gasteiger charge is -2.20. The molecule has 1 aromatic rings. The van der Waals surface area contributed by atoms with Crippen molar-refractivity contribution in [3.05, 3.63) is 22.4 Å². The van der Waals surface area contributed by atoms with Gasteiger partial charge in [-0.15, -0.1) is 11.8 Å². The Morgan fingerprint density at radius 2 is 2.60 bits per heavy atom. The minimum absolute atomic E-state index is 0.0126. The zero-order valence-corrected chi connectivity index (χ0v) is 10.2. The SMILES string of the molecule is CN(Cc1ccsc1)C(=O)C1CSCN1. The number of carbonyl (C=O) groups is 1. The van der Waals surface area contributed by atoms with Crippen LogP contribution in [0.2, 0.25) is 0 Å². The van der Waals surface area contributed by atoms with Crippen LogP contribution in [0.3, 0.4) is 0 Å². The van der Waals surface area contributed by atoms with Gasteiger partial charge in [-0.25, -0.2) is 0 Å². The molecule has 3 nitrogen and oxygen atoms in total. The summed E-state index contributed by atoms with van der Waals surface area (Å²) in [6, 6.07) is 2.07. The molecule has 0 aliphatic carbocycles. The highest BCUT2D eigenvalue weighted by molar-refractivity contribution is 7.99. The van der Waals surface area contributed by atoms with Gasteiger partial charge in [0.15, 0.2) is 0 Å². The minimum atomic E-state index is 0.0126. The summed E-state index contributed by atoms with van der Waals surface area (Å²) in [5.74, 6) is 1.99. The molecule has 82 valence electrons. The van der Waals surface area contributed by atoms with Crippen LogP contribution in [-0.4, -0.2) is 35.5 Å². The van der Waals surface area contributed by atoms with E-state index in [0.717, 1.165) is 11.6 Å². The van der Waals surface area contributed by atoms with Crippen molar-refractivity contribution in [2.45, 2.75) is 12.6 Å². The number of hydrogen-bond donors (Lipinski definition) is 1. The molecule has 1 aliphatic rings. The first-order valence-electron chi connectivity index (χ1n) is 4.84. The number of thioether (sulfide) groups is 1. The van der Waals surface area contributed by atoms with Crippen LogP contribution in [-0.2, 0) is 11.3 Å². The highest BCUT2D eigenvalue weighted by Gasteiger charge is 2.25. The molecule has 5 heteroatoms. The Balaban J connectivity index is 1.89. The van der Waals surface area contributed by atoms with Gasteiger partial charge in [-0.1, -0.05) is 0 Å². The van der Waals surface area contributed by atoms with E-state index in [-0.39, 0.29) is 11.9 Å². The fraction of sp³-hybridized carbons (Fsp3) is 0.500. The highest BCUT2D eigenvalue weighted by atomic mass is 32.2. The van der Waals surface area contributed by atoms with E-state index in [0.29, 0.717) is 6.54 Å². The van der Waals surface area contributed by atoms with Crippen molar-refractivity contribution in [2.24, 2.45) is 0 Å². The first-order valence-corrected chi connectivity index (χ1v) is 6.94. The maximum Gasteiger partial charge on any atom is 0.240 e. The van der Waals surface area contributed by atoms with Crippen molar-refractivity contribution >= 4 is 29.0 Å². The molecular weight excluding hydrogens is 228 g/mol. The second-order valence-electron chi connectivity index (χ2n) is 3.60. The molecule has 15 heavy (non-hydrogen) atoms. The van der Waals surface area contributed by atoms with Crippen LogP contribution >= 0.6 is 23.1 Å². The Bertz CT molecular complexity index is 320. The second kappa shape index (κ2) is 5.01. The first kappa shape index (κ1) is 11.0. The van der Waals surface area contributed by atoms with Crippen molar-refractivity contribution in [1.29, 1.82) is 0 Å². The minimum Gasteiger partial charge on any atom is -0.340 e. The number of thiophene rings is 1. The van der Waals surface area contributed by atoms with E-state index in [1.165, 1.54) is 5.56 Å². The Morgan fingerprint density at radius 3 is 3.20 bits per heavy atom. The molecule has 2 rings (SSSR count). The third-order valence-corrected chi connectivity index (χ3v) is 4.06. The van der Waals surface area contributed by atoms with E-state index < -0.39 is 0 Å². The van der Waals surface area contributed by atoms with Gasteiger partial charge in [-0.05, 0) is 22.4 Å². The number of rotatable bonds is 3. The van der Waals surface area contributed by atoms with Crippen LogP contribution in [0.5, 0.6) is 0 Å². The summed E-state index contributed by atoms with van der Waals surface area (Å²) < 4.78 is 0. The Morgan fingerprint density at radius 1 is 1.73 bits per heavy atom. The third-order valence-electron chi connectivity index (χ3n) is 2.39. The van der Waals surface area contributed by atoms with Crippen LogP contribution in [0.25, 0.3) is 0 Å². The first-order chi connectivity index (χ1) is 7.27. The van der Waals surface area contributed by atoms with Crippen molar-refractivity contribution in [1.82, 2.24) is 10.2 Å². The van der Waals surface area contributed by atoms with E-state index >= 15 is 0 Å². The lowest BCUT2D eigenvalue weighted by atomic mass is 10.2. The molecule has 0 saturated carbocycles. The van der Waals surface area contributed by atoms with E-state index in [2.05, 4.69) is 16.8 Å². The van der Waals surface area contributed by atoms with Gasteiger partial charge in [0.1, 0.15) is 0 Å². The lowest BCUT2D eigenvalue weighted by molar-refractivity contribution is -0.131. The maximum absolute atomic E-state index is 11.9. The van der Waals surface area contributed by atoms with Crippen molar-refractivity contribution < 1.29 is 4.79 Å². The van der Waals surface area contributed by atoms with Crippen LogP contribution in [0, 0.1) is 0 Å². The zero-order chi connectivity index (χ0) is 10.7. The molecule has 1 amide bonds. The summed E-state index contributed by atoms with van der Waals surface area (Å²) in [6.45, 7) is 0.713. The van der Waals surface area contributed by atoms with Crippen LogP contribution in [0.15, 0.2) is 16.8 Å². The zero-order valence-electron chi connectivity index (χ0n) is 8.60. The van der Waals surface area contributed by atoms with Gasteiger partial charge in [0.05, 0.1) is 6.04 Å². The molecule has 1 N–H and O–H groups in total. The fourth-order valence-electron chi connectivity index (χ4n) is 1.55. The molecule has 1 saturated heterocycles. The van der Waals surface area contributed by atoms with Gasteiger partial charge in [-0.2, -0.15) is 11.3 Å². The van der Waals surface area contributed by atoms with Crippen LogP contribution in [0.1, 0.15) is 5.56 Å². The molecule has 2 heterocycles. The average Bonchev–Trinajstić information content (AvgIpc) is 2.88. The summed E-state index contributed by atoms with van der Waals surface area (Å²) in [5.41, 5.74) is 1.21. The monoisotopic (exact) mass is 242 g/mol. The van der Waals surface area contributed by atoms with Gasteiger partial charge in [0, 0.05) is 25.2 Å². The van der Waals surface area contributed by atoms with E-state index in [9.17, 15) is 4.79 Å². The van der Waals surface area contributed by atoms with Crippen molar-refractivity contribution in [3.8, 4) is 0 Å². The average molecular weight is 242 g/mol. The van der Waals surface area contributed by atoms with Gasteiger partial charge in [-0.3, -0.25) is 10.1 Å². The third kappa shape index (κ3) is 2.74. The van der Waals surface area contributed by atoms with Crippen molar-refractivity contribution in [3.63, 3.8) is 0 Å². The van der Waals surface area contributed by atoms with Crippen LogP contribution in [0.4, 0.5) is 0 Å². The maximum atomic E-state index is 11.9. The molecule has 0 aromatic carbocycles. The summed E-state index contributed by atoms with van der Waals surface area (Å²) in [4.78, 5) is 13.7.